The van der Waals surface area contributed by atoms with Gasteiger partial charge in [0.1, 0.15) is 5.75 Å². The molecule has 0 bridgehead atoms. The second-order valence-corrected chi connectivity index (χ2v) is 3.16. The fraction of sp³-hybridized carbons (Fsp3) is 0.182. The summed E-state index contributed by atoms with van der Waals surface area (Å²) in [5.41, 5.74) is 1.03. The van der Waals surface area contributed by atoms with Crippen LogP contribution in [0.15, 0.2) is 24.3 Å². The van der Waals surface area contributed by atoms with Crippen molar-refractivity contribution in [1.82, 2.24) is 0 Å². The lowest BCUT2D eigenvalue weighted by molar-refractivity contribution is 0.112. The van der Waals surface area contributed by atoms with Crippen LogP contribution in [0.5, 0.6) is 5.75 Å². The maximum absolute atomic E-state index is 10.6. The van der Waals surface area contributed by atoms with E-state index >= 15 is 0 Å². The molecule has 0 atom stereocenters. The molecule has 0 radical (unpaired) electrons. The normalized spacial score (nSPS) is 10.6. The second-order valence-electron chi connectivity index (χ2n) is 2.78. The molecule has 3 heteroatoms. The first-order valence-corrected chi connectivity index (χ1v) is 4.82. The summed E-state index contributed by atoms with van der Waals surface area (Å²) in [5.74, 6) is 0.640. The van der Waals surface area contributed by atoms with Gasteiger partial charge < -0.3 is 5.11 Å². The van der Waals surface area contributed by atoms with E-state index in [0.29, 0.717) is 23.4 Å². The van der Waals surface area contributed by atoms with E-state index < -0.39 is 0 Å². The summed E-state index contributed by atoms with van der Waals surface area (Å²) < 4.78 is 0. The molecule has 1 N–H and O–H groups in total. The maximum Gasteiger partial charge on any atom is 0.150 e. The average Bonchev–Trinajstić information content (AvgIpc) is 2.20. The summed E-state index contributed by atoms with van der Waals surface area (Å²) in [5, 5.41) is 9.48. The van der Waals surface area contributed by atoms with Crippen LogP contribution in [0.25, 0.3) is 6.08 Å². The van der Waals surface area contributed by atoms with Crippen molar-refractivity contribution in [3.05, 3.63) is 35.4 Å². The Hall–Kier alpha value is -1.28. The summed E-state index contributed by atoms with van der Waals surface area (Å²) >= 11 is 5.50. The van der Waals surface area contributed by atoms with E-state index in [0.717, 1.165) is 6.29 Å². The van der Waals surface area contributed by atoms with Gasteiger partial charge in [-0.25, -0.2) is 0 Å². The van der Waals surface area contributed by atoms with Gasteiger partial charge in [0.05, 0.1) is 0 Å². The van der Waals surface area contributed by atoms with Crippen molar-refractivity contribution < 1.29 is 9.90 Å². The number of alkyl halides is 1. The minimum atomic E-state index is 0.112. The Balaban J connectivity index is 2.98. The number of hydrogen-bond acceptors (Lipinski definition) is 2. The topological polar surface area (TPSA) is 37.3 Å². The summed E-state index contributed by atoms with van der Waals surface area (Å²) in [6.07, 6.45) is 4.98. The van der Waals surface area contributed by atoms with Crippen LogP contribution < -0.4 is 0 Å². The molecule has 74 valence electrons. The molecule has 1 aromatic rings. The Morgan fingerprint density at radius 1 is 1.43 bits per heavy atom. The highest BCUT2D eigenvalue weighted by molar-refractivity contribution is 6.17. The van der Waals surface area contributed by atoms with E-state index in [-0.39, 0.29) is 5.75 Å². The predicted molar refractivity (Wildman–Crippen MR) is 57.9 cm³/mol. The zero-order valence-corrected chi connectivity index (χ0v) is 8.37. The van der Waals surface area contributed by atoms with Crippen LogP contribution in [0, 0.1) is 0 Å². The zero-order valence-electron chi connectivity index (χ0n) is 7.61. The molecule has 0 aromatic heterocycles. The van der Waals surface area contributed by atoms with Crippen molar-refractivity contribution in [3.63, 3.8) is 0 Å². The number of aromatic hydroxyl groups is 1. The lowest BCUT2D eigenvalue weighted by atomic mass is 10.1. The summed E-state index contributed by atoms with van der Waals surface area (Å²) in [6, 6.07) is 4.85. The van der Waals surface area contributed by atoms with Crippen molar-refractivity contribution in [2.75, 3.05) is 5.88 Å². The number of hydrogen-bond donors (Lipinski definition) is 1. The van der Waals surface area contributed by atoms with Gasteiger partial charge in [0.25, 0.3) is 0 Å². The lowest BCUT2D eigenvalue weighted by Crippen LogP contribution is -1.86. The first-order chi connectivity index (χ1) is 6.79. The molecular formula is C11H11ClO2. The molecule has 0 unspecified atom stereocenters. The van der Waals surface area contributed by atoms with Gasteiger partial charge in [-0.1, -0.05) is 24.3 Å². The van der Waals surface area contributed by atoms with Crippen molar-refractivity contribution in [1.29, 1.82) is 0 Å². The molecule has 1 rings (SSSR count). The summed E-state index contributed by atoms with van der Waals surface area (Å²) in [6.45, 7) is 0. The van der Waals surface area contributed by atoms with Gasteiger partial charge >= 0.3 is 0 Å². The molecule has 1 aromatic carbocycles. The Kier molecular flexibility index (Phi) is 4.20. The summed E-state index contributed by atoms with van der Waals surface area (Å²) in [7, 11) is 0. The number of rotatable bonds is 4. The van der Waals surface area contributed by atoms with Gasteiger partial charge in [-0.15, -0.1) is 11.6 Å². The molecule has 14 heavy (non-hydrogen) atoms. The van der Waals surface area contributed by atoms with E-state index in [1.165, 1.54) is 0 Å². The summed E-state index contributed by atoms with van der Waals surface area (Å²) in [4.78, 5) is 10.6. The molecule has 2 nitrogen and oxygen atoms in total. The molecule has 0 spiro atoms. The van der Waals surface area contributed by atoms with Crippen LogP contribution in [-0.2, 0) is 0 Å². The third-order valence-electron chi connectivity index (χ3n) is 1.80. The third kappa shape index (κ3) is 2.60. The minimum absolute atomic E-state index is 0.112. The number of aldehydes is 1. The highest BCUT2D eigenvalue weighted by Gasteiger charge is 2.02. The predicted octanol–water partition coefficient (Wildman–Crippen LogP) is 2.85. The molecular weight excluding hydrogens is 200 g/mol. The molecule has 0 saturated carbocycles. The first kappa shape index (κ1) is 10.8. The Bertz CT molecular complexity index is 345. The van der Waals surface area contributed by atoms with E-state index in [9.17, 15) is 9.90 Å². The Labute approximate surface area is 87.8 Å². The van der Waals surface area contributed by atoms with Gasteiger partial charge in [-0.05, 0) is 12.5 Å². The Morgan fingerprint density at radius 2 is 2.21 bits per heavy atom. The van der Waals surface area contributed by atoms with Gasteiger partial charge in [0.2, 0.25) is 0 Å². The molecule has 0 saturated heterocycles. The average molecular weight is 211 g/mol. The van der Waals surface area contributed by atoms with Gasteiger partial charge in [-0.3, -0.25) is 4.79 Å². The van der Waals surface area contributed by atoms with Gasteiger partial charge in [0, 0.05) is 17.0 Å². The number of phenols is 1. The van der Waals surface area contributed by atoms with E-state index in [1.807, 2.05) is 6.08 Å². The molecule has 0 aliphatic carbocycles. The smallest absolute Gasteiger partial charge is 0.150 e. The van der Waals surface area contributed by atoms with Crippen molar-refractivity contribution in [2.24, 2.45) is 0 Å². The van der Waals surface area contributed by atoms with Crippen LogP contribution in [0.2, 0.25) is 0 Å². The van der Waals surface area contributed by atoms with Crippen molar-refractivity contribution in [2.45, 2.75) is 6.42 Å². The molecule has 0 amide bonds. The second kappa shape index (κ2) is 5.45. The van der Waals surface area contributed by atoms with Crippen LogP contribution in [0.4, 0.5) is 0 Å². The largest absolute Gasteiger partial charge is 0.507 e. The highest BCUT2D eigenvalue weighted by Crippen LogP contribution is 2.21. The van der Waals surface area contributed by atoms with Crippen LogP contribution in [-0.4, -0.2) is 17.3 Å². The maximum atomic E-state index is 10.6. The third-order valence-corrected chi connectivity index (χ3v) is 2.02. The quantitative estimate of drug-likeness (QED) is 0.613. The van der Waals surface area contributed by atoms with E-state index in [4.69, 9.17) is 11.6 Å². The van der Waals surface area contributed by atoms with Crippen molar-refractivity contribution in [3.8, 4) is 5.75 Å². The number of carbonyl (C=O) groups is 1. The fourth-order valence-corrected chi connectivity index (χ4v) is 1.24. The van der Waals surface area contributed by atoms with Crippen LogP contribution in [0.3, 0.4) is 0 Å². The monoisotopic (exact) mass is 210 g/mol. The number of phenolic OH excluding ortho intramolecular Hbond substituents is 1. The standard InChI is InChI=1S/C11H11ClO2/c12-7-2-1-5-10-9(8-13)4-3-6-11(10)14/h1,3-6,8,14H,2,7H2. The number of halogens is 1. The van der Waals surface area contributed by atoms with Crippen LogP contribution >= 0.6 is 11.6 Å². The number of benzene rings is 1. The van der Waals surface area contributed by atoms with Crippen molar-refractivity contribution >= 4 is 24.0 Å². The number of allylic oxidation sites excluding steroid dienone is 1. The van der Waals surface area contributed by atoms with E-state index in [2.05, 4.69) is 0 Å². The molecule has 0 aliphatic rings. The molecule has 0 heterocycles. The Morgan fingerprint density at radius 3 is 2.86 bits per heavy atom. The minimum Gasteiger partial charge on any atom is -0.507 e. The number of carbonyl (C=O) groups excluding carboxylic acids is 1. The fourth-order valence-electron chi connectivity index (χ4n) is 1.12. The zero-order chi connectivity index (χ0) is 10.4. The SMILES string of the molecule is O=Cc1cccc(O)c1C=CCCCl. The van der Waals surface area contributed by atoms with Gasteiger partial charge in [-0.2, -0.15) is 0 Å². The van der Waals surface area contributed by atoms with Gasteiger partial charge in [0.15, 0.2) is 6.29 Å². The highest BCUT2D eigenvalue weighted by atomic mass is 35.5. The molecule has 0 fully saturated rings. The van der Waals surface area contributed by atoms with Crippen LogP contribution in [0.1, 0.15) is 22.3 Å². The molecule has 0 aliphatic heterocycles. The first-order valence-electron chi connectivity index (χ1n) is 4.29. The van der Waals surface area contributed by atoms with E-state index in [1.54, 1.807) is 24.3 Å². The lowest BCUT2D eigenvalue weighted by Gasteiger charge is -2.01.